The molecule has 4 nitrogen and oxygen atoms in total. The van der Waals surface area contributed by atoms with Gasteiger partial charge in [-0.3, -0.25) is 9.79 Å². The lowest BCUT2D eigenvalue weighted by atomic mass is 9.84. The van der Waals surface area contributed by atoms with E-state index in [9.17, 15) is 4.79 Å². The van der Waals surface area contributed by atoms with Crippen molar-refractivity contribution in [1.82, 2.24) is 0 Å². The largest absolute Gasteiger partial charge is 0.335 e. The molecular weight excluding hydrogens is 282 g/mol. The lowest BCUT2D eigenvalue weighted by molar-refractivity contribution is -0.114. The van der Waals surface area contributed by atoms with Crippen LogP contribution in [0.25, 0.3) is 0 Å². The second kappa shape index (κ2) is 6.10. The maximum atomic E-state index is 11.1. The number of amidine groups is 1. The molecule has 0 saturated heterocycles. The van der Waals surface area contributed by atoms with Crippen LogP contribution in [0.5, 0.6) is 0 Å². The van der Waals surface area contributed by atoms with E-state index < -0.39 is 0 Å². The Morgan fingerprint density at radius 3 is 2.76 bits per heavy atom. The van der Waals surface area contributed by atoms with Gasteiger partial charge in [0.05, 0.1) is 5.54 Å². The van der Waals surface area contributed by atoms with E-state index in [4.69, 9.17) is 4.99 Å². The van der Waals surface area contributed by atoms with E-state index in [1.54, 1.807) is 0 Å². The number of amides is 1. The number of hydrogen-bond donors (Lipinski definition) is 2. The van der Waals surface area contributed by atoms with Crippen molar-refractivity contribution in [1.29, 1.82) is 0 Å². The Morgan fingerprint density at radius 2 is 2.00 bits per heavy atom. The first-order valence-corrected chi connectivity index (χ1v) is 8.51. The van der Waals surface area contributed by atoms with E-state index in [2.05, 4.69) is 10.6 Å². The molecule has 1 heterocycles. The molecule has 3 rings (SSSR count). The van der Waals surface area contributed by atoms with E-state index in [1.165, 1.54) is 39.0 Å². The van der Waals surface area contributed by atoms with Crippen LogP contribution in [0, 0.1) is 0 Å². The summed E-state index contributed by atoms with van der Waals surface area (Å²) in [6.07, 6.45) is 6.39. The predicted octanol–water partition coefficient (Wildman–Crippen LogP) is 3.86. The Kier molecular flexibility index (Phi) is 4.19. The van der Waals surface area contributed by atoms with Gasteiger partial charge in [0.25, 0.3) is 0 Å². The van der Waals surface area contributed by atoms with Crippen molar-refractivity contribution in [3.8, 4) is 0 Å². The van der Waals surface area contributed by atoms with Crippen LogP contribution in [0.3, 0.4) is 0 Å². The number of aliphatic imine (C=N–C) groups is 1. The van der Waals surface area contributed by atoms with E-state index in [0.29, 0.717) is 0 Å². The van der Waals surface area contributed by atoms with Crippen molar-refractivity contribution < 1.29 is 4.79 Å². The molecule has 1 aliphatic carbocycles. The molecular formula is C16H21N3OS. The molecule has 112 valence electrons. The van der Waals surface area contributed by atoms with Crippen LogP contribution < -0.4 is 10.6 Å². The standard InChI is InChI=1S/C16H21N3OS/c1-12(20)17-13-6-5-7-14(10-13)18-15-19-16(11-21-15)8-3-2-4-9-16/h5-7,10H,2-4,8-9,11H2,1H3,(H,17,20)(H,18,19). The Morgan fingerprint density at radius 1 is 1.24 bits per heavy atom. The van der Waals surface area contributed by atoms with Crippen molar-refractivity contribution in [2.24, 2.45) is 4.99 Å². The van der Waals surface area contributed by atoms with Gasteiger partial charge in [-0.2, -0.15) is 0 Å². The highest BCUT2D eigenvalue weighted by atomic mass is 32.2. The maximum absolute atomic E-state index is 11.1. The zero-order valence-electron chi connectivity index (χ0n) is 12.3. The fraction of sp³-hybridized carbons (Fsp3) is 0.500. The van der Waals surface area contributed by atoms with E-state index in [0.717, 1.165) is 22.3 Å². The van der Waals surface area contributed by atoms with Gasteiger partial charge in [0, 0.05) is 24.1 Å². The normalized spacial score (nSPS) is 20.1. The first-order valence-electron chi connectivity index (χ1n) is 7.53. The van der Waals surface area contributed by atoms with Crippen LogP contribution in [-0.2, 0) is 4.79 Å². The number of carbonyl (C=O) groups is 1. The zero-order chi connectivity index (χ0) is 14.7. The van der Waals surface area contributed by atoms with Crippen LogP contribution in [0.15, 0.2) is 29.3 Å². The second-order valence-corrected chi connectivity index (χ2v) is 6.84. The average Bonchev–Trinajstić information content (AvgIpc) is 2.82. The number of rotatable bonds is 2. The van der Waals surface area contributed by atoms with Crippen molar-refractivity contribution in [3.05, 3.63) is 24.3 Å². The van der Waals surface area contributed by atoms with E-state index in [1.807, 2.05) is 36.0 Å². The van der Waals surface area contributed by atoms with Crippen LogP contribution in [0.4, 0.5) is 11.4 Å². The minimum atomic E-state index is -0.0547. The summed E-state index contributed by atoms with van der Waals surface area (Å²) >= 11 is 1.81. The molecule has 1 fully saturated rings. The molecule has 0 unspecified atom stereocenters. The lowest BCUT2D eigenvalue weighted by Crippen LogP contribution is -2.29. The Bertz CT molecular complexity index is 564. The minimum absolute atomic E-state index is 0.0547. The molecule has 2 N–H and O–H groups in total. The number of benzene rings is 1. The number of anilines is 2. The fourth-order valence-corrected chi connectivity index (χ4v) is 4.22. The summed E-state index contributed by atoms with van der Waals surface area (Å²) in [5, 5.41) is 7.20. The lowest BCUT2D eigenvalue weighted by Gasteiger charge is -2.29. The summed E-state index contributed by atoms with van der Waals surface area (Å²) in [4.78, 5) is 16.1. The van der Waals surface area contributed by atoms with Gasteiger partial charge in [0.1, 0.15) is 0 Å². The molecule has 0 bridgehead atoms. The third-order valence-electron chi connectivity index (χ3n) is 4.03. The van der Waals surface area contributed by atoms with Crippen LogP contribution in [0.1, 0.15) is 39.0 Å². The molecule has 1 aromatic rings. The number of nitrogens with one attached hydrogen (secondary N) is 2. The highest BCUT2D eigenvalue weighted by Gasteiger charge is 2.36. The average molecular weight is 303 g/mol. The molecule has 2 aliphatic rings. The highest BCUT2D eigenvalue weighted by molar-refractivity contribution is 8.14. The minimum Gasteiger partial charge on any atom is -0.335 e. The molecule has 1 aromatic carbocycles. The molecule has 1 saturated carbocycles. The summed E-state index contributed by atoms with van der Waals surface area (Å²) in [5.74, 6) is 1.04. The first-order chi connectivity index (χ1) is 10.2. The molecule has 1 spiro atoms. The SMILES string of the molecule is CC(=O)Nc1cccc(NC2=NC3(CCCCC3)CS2)c1. The third-order valence-corrected chi connectivity index (χ3v) is 5.18. The second-order valence-electron chi connectivity index (χ2n) is 5.88. The number of hydrogen-bond acceptors (Lipinski definition) is 4. The molecule has 1 aliphatic heterocycles. The van der Waals surface area contributed by atoms with Gasteiger partial charge >= 0.3 is 0 Å². The third kappa shape index (κ3) is 3.59. The molecule has 5 heteroatoms. The summed E-state index contributed by atoms with van der Waals surface area (Å²) in [6, 6.07) is 7.76. The topological polar surface area (TPSA) is 53.5 Å². The Hall–Kier alpha value is -1.49. The van der Waals surface area contributed by atoms with Crippen LogP contribution in [-0.4, -0.2) is 22.4 Å². The van der Waals surface area contributed by atoms with Crippen molar-refractivity contribution in [2.45, 2.75) is 44.6 Å². The summed E-state index contributed by atoms with van der Waals surface area (Å²) in [5.41, 5.74) is 1.96. The highest BCUT2D eigenvalue weighted by Crippen LogP contribution is 2.39. The quantitative estimate of drug-likeness (QED) is 0.872. The summed E-state index contributed by atoms with van der Waals surface area (Å²) < 4.78 is 0. The molecule has 1 amide bonds. The van der Waals surface area contributed by atoms with Gasteiger partial charge in [0.2, 0.25) is 5.91 Å². The van der Waals surface area contributed by atoms with E-state index in [-0.39, 0.29) is 11.4 Å². The molecule has 0 aromatic heterocycles. The number of nitrogens with zero attached hydrogens (tertiary/aromatic N) is 1. The number of thioether (sulfide) groups is 1. The van der Waals surface area contributed by atoms with Gasteiger partial charge in [-0.15, -0.1) is 0 Å². The first kappa shape index (κ1) is 14.4. The smallest absolute Gasteiger partial charge is 0.221 e. The maximum Gasteiger partial charge on any atom is 0.221 e. The van der Waals surface area contributed by atoms with Crippen molar-refractivity contribution in [2.75, 3.05) is 16.4 Å². The predicted molar refractivity (Wildman–Crippen MR) is 90.1 cm³/mol. The van der Waals surface area contributed by atoms with Crippen LogP contribution in [0.2, 0.25) is 0 Å². The zero-order valence-corrected chi connectivity index (χ0v) is 13.1. The fourth-order valence-electron chi connectivity index (χ4n) is 3.01. The van der Waals surface area contributed by atoms with Gasteiger partial charge in [0.15, 0.2) is 5.17 Å². The Balaban J connectivity index is 1.69. The monoisotopic (exact) mass is 303 g/mol. The van der Waals surface area contributed by atoms with Gasteiger partial charge in [-0.25, -0.2) is 0 Å². The summed E-state index contributed by atoms with van der Waals surface area (Å²) in [7, 11) is 0. The van der Waals surface area contributed by atoms with Crippen molar-refractivity contribution >= 4 is 34.2 Å². The molecule has 0 radical (unpaired) electrons. The molecule has 21 heavy (non-hydrogen) atoms. The van der Waals surface area contributed by atoms with Crippen molar-refractivity contribution in [3.63, 3.8) is 0 Å². The molecule has 0 atom stereocenters. The van der Waals surface area contributed by atoms with E-state index >= 15 is 0 Å². The van der Waals surface area contributed by atoms with Gasteiger partial charge in [-0.05, 0) is 31.0 Å². The van der Waals surface area contributed by atoms with Crippen LogP contribution >= 0.6 is 11.8 Å². The summed E-state index contributed by atoms with van der Waals surface area (Å²) in [6.45, 7) is 1.52. The van der Waals surface area contributed by atoms with Gasteiger partial charge < -0.3 is 10.6 Å². The number of carbonyl (C=O) groups excluding carboxylic acids is 1. The Labute approximate surface area is 129 Å². The van der Waals surface area contributed by atoms with Gasteiger partial charge in [-0.1, -0.05) is 37.1 Å².